The van der Waals surface area contributed by atoms with Crippen molar-refractivity contribution in [1.82, 2.24) is 15.1 Å². The highest BCUT2D eigenvalue weighted by Gasteiger charge is 2.34. The van der Waals surface area contributed by atoms with Crippen molar-refractivity contribution in [2.75, 3.05) is 39.3 Å². The molecule has 1 amide bonds. The fourth-order valence-corrected chi connectivity index (χ4v) is 4.22. The van der Waals surface area contributed by atoms with Crippen LogP contribution >= 0.6 is 0 Å². The molecule has 2 unspecified atom stereocenters. The highest BCUT2D eigenvalue weighted by atomic mass is 16.2. The van der Waals surface area contributed by atoms with Gasteiger partial charge in [-0.3, -0.25) is 9.69 Å². The van der Waals surface area contributed by atoms with Gasteiger partial charge >= 0.3 is 0 Å². The third kappa shape index (κ3) is 3.01. The Balaban J connectivity index is 1.50. The van der Waals surface area contributed by atoms with Gasteiger partial charge in [-0.15, -0.1) is 0 Å². The Bertz CT molecular complexity index is 333. The van der Waals surface area contributed by atoms with Gasteiger partial charge < -0.3 is 10.2 Å². The van der Waals surface area contributed by atoms with E-state index in [1.807, 2.05) is 0 Å². The summed E-state index contributed by atoms with van der Waals surface area (Å²) in [6.07, 6.45) is 5.83. The molecule has 3 saturated heterocycles. The second-order valence-corrected chi connectivity index (χ2v) is 6.88. The molecular weight excluding hydrogens is 250 g/mol. The molecule has 0 spiro atoms. The Kier molecular flexibility index (Phi) is 4.61. The van der Waals surface area contributed by atoms with E-state index in [4.69, 9.17) is 0 Å². The number of likely N-dealkylation sites (tertiary alicyclic amines) is 2. The van der Waals surface area contributed by atoms with Crippen LogP contribution in [0.1, 0.15) is 39.0 Å². The average Bonchev–Trinajstić information content (AvgIpc) is 3.01. The monoisotopic (exact) mass is 279 g/mol. The summed E-state index contributed by atoms with van der Waals surface area (Å²) in [6.45, 7) is 8.92. The van der Waals surface area contributed by atoms with E-state index in [9.17, 15) is 4.79 Å². The SMILES string of the molecule is CC1CNCCC1N1CCC(C(=O)N2CCCC2)CC1. The topological polar surface area (TPSA) is 35.6 Å². The van der Waals surface area contributed by atoms with Gasteiger partial charge in [-0.05, 0) is 64.2 Å². The number of carbonyl (C=O) groups excluding carboxylic acids is 1. The molecule has 114 valence electrons. The Hall–Kier alpha value is -0.610. The number of nitrogens with one attached hydrogen (secondary N) is 1. The summed E-state index contributed by atoms with van der Waals surface area (Å²) in [6, 6.07) is 0.735. The first-order valence-corrected chi connectivity index (χ1v) is 8.49. The van der Waals surface area contributed by atoms with Crippen LogP contribution in [0, 0.1) is 11.8 Å². The Morgan fingerprint density at radius 1 is 1.05 bits per heavy atom. The predicted molar refractivity (Wildman–Crippen MR) is 80.5 cm³/mol. The zero-order valence-electron chi connectivity index (χ0n) is 12.8. The van der Waals surface area contributed by atoms with Crippen LogP contribution in [0.2, 0.25) is 0 Å². The minimum Gasteiger partial charge on any atom is -0.342 e. The van der Waals surface area contributed by atoms with Crippen LogP contribution in [-0.2, 0) is 4.79 Å². The summed E-state index contributed by atoms with van der Waals surface area (Å²) in [7, 11) is 0. The van der Waals surface area contributed by atoms with E-state index >= 15 is 0 Å². The first-order chi connectivity index (χ1) is 9.75. The summed E-state index contributed by atoms with van der Waals surface area (Å²) in [5.41, 5.74) is 0. The van der Waals surface area contributed by atoms with Gasteiger partial charge in [0.05, 0.1) is 0 Å². The number of amides is 1. The molecular formula is C16H29N3O. The maximum atomic E-state index is 12.4. The van der Waals surface area contributed by atoms with Crippen molar-refractivity contribution in [3.05, 3.63) is 0 Å². The molecule has 0 bridgehead atoms. The van der Waals surface area contributed by atoms with E-state index in [2.05, 4.69) is 22.0 Å². The number of hydrogen-bond acceptors (Lipinski definition) is 3. The molecule has 4 nitrogen and oxygen atoms in total. The first-order valence-electron chi connectivity index (χ1n) is 8.49. The quantitative estimate of drug-likeness (QED) is 0.828. The van der Waals surface area contributed by atoms with Crippen LogP contribution in [0.3, 0.4) is 0 Å². The molecule has 0 aromatic rings. The minimum atomic E-state index is 0.307. The molecule has 0 aromatic heterocycles. The van der Waals surface area contributed by atoms with E-state index in [1.165, 1.54) is 19.3 Å². The van der Waals surface area contributed by atoms with Gasteiger partial charge in [0.2, 0.25) is 5.91 Å². The van der Waals surface area contributed by atoms with Crippen molar-refractivity contribution < 1.29 is 4.79 Å². The van der Waals surface area contributed by atoms with Gasteiger partial charge in [0.15, 0.2) is 0 Å². The molecule has 0 aromatic carbocycles. The van der Waals surface area contributed by atoms with Crippen molar-refractivity contribution >= 4 is 5.91 Å². The lowest BCUT2D eigenvalue weighted by molar-refractivity contribution is -0.136. The van der Waals surface area contributed by atoms with E-state index in [1.54, 1.807) is 0 Å². The smallest absolute Gasteiger partial charge is 0.225 e. The van der Waals surface area contributed by atoms with Crippen molar-refractivity contribution in [1.29, 1.82) is 0 Å². The van der Waals surface area contributed by atoms with Crippen LogP contribution in [0.15, 0.2) is 0 Å². The summed E-state index contributed by atoms with van der Waals surface area (Å²) >= 11 is 0. The van der Waals surface area contributed by atoms with Crippen molar-refractivity contribution in [2.45, 2.75) is 45.1 Å². The summed E-state index contributed by atoms with van der Waals surface area (Å²) in [5.74, 6) is 1.50. The average molecular weight is 279 g/mol. The van der Waals surface area contributed by atoms with Crippen LogP contribution in [0.5, 0.6) is 0 Å². The molecule has 3 rings (SSSR count). The lowest BCUT2D eigenvalue weighted by Crippen LogP contribution is -2.52. The number of nitrogens with zero attached hydrogens (tertiary/aromatic N) is 2. The Morgan fingerprint density at radius 3 is 2.40 bits per heavy atom. The summed E-state index contributed by atoms with van der Waals surface area (Å²) in [4.78, 5) is 17.2. The van der Waals surface area contributed by atoms with Crippen LogP contribution in [0.4, 0.5) is 0 Å². The van der Waals surface area contributed by atoms with Crippen LogP contribution in [-0.4, -0.2) is 61.0 Å². The first kappa shape index (κ1) is 14.3. The number of hydrogen-bond donors (Lipinski definition) is 1. The van der Waals surface area contributed by atoms with E-state index in [-0.39, 0.29) is 0 Å². The molecule has 20 heavy (non-hydrogen) atoms. The summed E-state index contributed by atoms with van der Waals surface area (Å²) < 4.78 is 0. The molecule has 3 aliphatic rings. The Labute approximate surface area is 122 Å². The third-order valence-electron chi connectivity index (χ3n) is 5.51. The van der Waals surface area contributed by atoms with E-state index < -0.39 is 0 Å². The van der Waals surface area contributed by atoms with Gasteiger partial charge in [0.1, 0.15) is 0 Å². The normalized spacial score (nSPS) is 33.5. The van der Waals surface area contributed by atoms with Gasteiger partial charge in [0, 0.05) is 25.0 Å². The zero-order valence-corrected chi connectivity index (χ0v) is 12.8. The van der Waals surface area contributed by atoms with Crippen molar-refractivity contribution in [2.24, 2.45) is 11.8 Å². The minimum absolute atomic E-state index is 0.307. The number of carbonyl (C=O) groups is 1. The fraction of sp³-hybridized carbons (Fsp3) is 0.938. The largest absolute Gasteiger partial charge is 0.342 e. The Morgan fingerprint density at radius 2 is 1.75 bits per heavy atom. The van der Waals surface area contributed by atoms with Gasteiger partial charge in [-0.25, -0.2) is 0 Å². The molecule has 4 heteroatoms. The maximum Gasteiger partial charge on any atom is 0.225 e. The molecule has 1 N–H and O–H groups in total. The lowest BCUT2D eigenvalue weighted by atomic mass is 9.89. The van der Waals surface area contributed by atoms with Gasteiger partial charge in [0.25, 0.3) is 0 Å². The van der Waals surface area contributed by atoms with Gasteiger partial charge in [-0.2, -0.15) is 0 Å². The molecule has 3 heterocycles. The van der Waals surface area contributed by atoms with Crippen molar-refractivity contribution in [3.8, 4) is 0 Å². The molecule has 0 radical (unpaired) electrons. The lowest BCUT2D eigenvalue weighted by Gasteiger charge is -2.42. The second kappa shape index (κ2) is 6.44. The molecule has 2 atom stereocenters. The zero-order chi connectivity index (χ0) is 13.9. The highest BCUT2D eigenvalue weighted by Crippen LogP contribution is 2.26. The second-order valence-electron chi connectivity index (χ2n) is 6.88. The van der Waals surface area contributed by atoms with Crippen molar-refractivity contribution in [3.63, 3.8) is 0 Å². The molecule has 3 aliphatic heterocycles. The number of piperidine rings is 2. The maximum absolute atomic E-state index is 12.4. The molecule has 0 aliphatic carbocycles. The van der Waals surface area contributed by atoms with Crippen LogP contribution < -0.4 is 5.32 Å². The fourth-order valence-electron chi connectivity index (χ4n) is 4.22. The van der Waals surface area contributed by atoms with E-state index in [0.717, 1.165) is 64.1 Å². The van der Waals surface area contributed by atoms with Crippen LogP contribution in [0.25, 0.3) is 0 Å². The predicted octanol–water partition coefficient (Wildman–Crippen LogP) is 1.32. The molecule has 3 fully saturated rings. The van der Waals surface area contributed by atoms with Gasteiger partial charge in [-0.1, -0.05) is 6.92 Å². The van der Waals surface area contributed by atoms with E-state index in [0.29, 0.717) is 11.8 Å². The highest BCUT2D eigenvalue weighted by molar-refractivity contribution is 5.79. The number of rotatable bonds is 2. The summed E-state index contributed by atoms with van der Waals surface area (Å²) in [5, 5.41) is 3.48. The molecule has 0 saturated carbocycles. The third-order valence-corrected chi connectivity index (χ3v) is 5.51. The standard InChI is InChI=1S/C16H29N3O/c1-13-12-17-7-4-15(13)18-10-5-14(6-11-18)16(20)19-8-2-3-9-19/h13-15,17H,2-12H2,1H3.